The lowest BCUT2D eigenvalue weighted by Gasteiger charge is -2.22. The highest BCUT2D eigenvalue weighted by Gasteiger charge is 2.57. The zero-order chi connectivity index (χ0) is 21.8. The first-order valence-electron chi connectivity index (χ1n) is 8.70. The molecule has 4 nitrogen and oxygen atoms in total. The molecule has 0 saturated carbocycles. The second-order valence-electron chi connectivity index (χ2n) is 6.87. The maximum atomic E-state index is 14.1. The molecule has 0 unspecified atom stereocenters. The van der Waals surface area contributed by atoms with E-state index in [0.29, 0.717) is 27.4 Å². The van der Waals surface area contributed by atoms with Gasteiger partial charge in [-0.25, -0.2) is 0 Å². The number of hydrogen-bond acceptors (Lipinski definition) is 2. The molecule has 3 aromatic heterocycles. The number of pyridine rings is 2. The molecular weight excluding hydrogens is 429 g/mol. The predicted molar refractivity (Wildman–Crippen MR) is 104 cm³/mol. The third kappa shape index (κ3) is 3.13. The fraction of sp³-hybridized carbons (Fsp3) is 0.200. The lowest BCUT2D eigenvalue weighted by atomic mass is 10.0. The van der Waals surface area contributed by atoms with E-state index in [-0.39, 0.29) is 16.2 Å². The summed E-state index contributed by atoms with van der Waals surface area (Å²) >= 11 is 6.26. The van der Waals surface area contributed by atoms with Crippen LogP contribution < -0.4 is 5.56 Å². The van der Waals surface area contributed by atoms with Crippen LogP contribution in [-0.2, 0) is 6.54 Å². The summed E-state index contributed by atoms with van der Waals surface area (Å²) in [5.74, 6) is -4.97. The summed E-state index contributed by atoms with van der Waals surface area (Å²) in [7, 11) is 0. The van der Waals surface area contributed by atoms with Crippen molar-refractivity contribution in [2.75, 3.05) is 0 Å². The molecule has 0 fully saturated rings. The van der Waals surface area contributed by atoms with E-state index in [2.05, 4.69) is 9.97 Å². The number of aromatic amines is 1. The quantitative estimate of drug-likeness (QED) is 0.414. The first-order valence-corrected chi connectivity index (χ1v) is 9.08. The van der Waals surface area contributed by atoms with Crippen LogP contribution in [0.5, 0.6) is 0 Å². The Kier molecular flexibility index (Phi) is 4.61. The van der Waals surface area contributed by atoms with Gasteiger partial charge in [0.1, 0.15) is 0 Å². The van der Waals surface area contributed by atoms with Gasteiger partial charge in [0.2, 0.25) is 5.56 Å². The van der Waals surface area contributed by atoms with Crippen molar-refractivity contribution in [1.29, 1.82) is 0 Å². The summed E-state index contributed by atoms with van der Waals surface area (Å²) < 4.78 is 68.0. The number of rotatable bonds is 3. The van der Waals surface area contributed by atoms with Crippen LogP contribution in [0.25, 0.3) is 33.1 Å². The lowest BCUT2D eigenvalue weighted by Crippen LogP contribution is -2.40. The molecule has 0 amide bonds. The van der Waals surface area contributed by atoms with Crippen molar-refractivity contribution < 1.29 is 22.0 Å². The number of fused-ring (bicyclic) bond motifs is 3. The number of alkyl halides is 5. The average Bonchev–Trinajstić information content (AvgIpc) is 2.92. The lowest BCUT2D eigenvalue weighted by molar-refractivity contribution is -0.286. The van der Waals surface area contributed by atoms with Crippen molar-refractivity contribution in [3.8, 4) is 11.3 Å². The van der Waals surface area contributed by atoms with Gasteiger partial charge in [0, 0.05) is 40.3 Å². The Bertz CT molecular complexity index is 1330. The fourth-order valence-corrected chi connectivity index (χ4v) is 3.97. The molecule has 4 rings (SSSR count). The number of nitrogens with one attached hydrogen (secondary N) is 1. The summed E-state index contributed by atoms with van der Waals surface area (Å²) in [6.07, 6.45) is -2.87. The minimum absolute atomic E-state index is 0.0694. The summed E-state index contributed by atoms with van der Waals surface area (Å²) in [4.78, 5) is 18.3. The maximum Gasteiger partial charge on any atom is 0.455 e. The van der Waals surface area contributed by atoms with E-state index in [0.717, 1.165) is 10.6 Å². The molecule has 0 aliphatic heterocycles. The monoisotopic (exact) mass is 441 g/mol. The number of H-pyrrole nitrogens is 1. The van der Waals surface area contributed by atoms with Crippen LogP contribution >= 0.6 is 11.6 Å². The Morgan fingerprint density at radius 3 is 2.50 bits per heavy atom. The van der Waals surface area contributed by atoms with Crippen LogP contribution in [0.3, 0.4) is 0 Å². The van der Waals surface area contributed by atoms with Crippen molar-refractivity contribution in [3.63, 3.8) is 0 Å². The molecule has 0 atom stereocenters. The molecular formula is C20H13ClF5N3O. The standard InChI is InChI=1S/C20H13ClF5N3O/c1-10-16-14(5-4-13-17(16)12(21)7-15(30)28-13)29(9-19(22,23)20(24,25)26)18(10)11-3-2-6-27-8-11/h2-8H,9H2,1H3,(H,28,30). The van der Waals surface area contributed by atoms with E-state index in [4.69, 9.17) is 11.6 Å². The number of aromatic nitrogens is 3. The molecule has 1 aromatic carbocycles. The molecule has 0 spiro atoms. The van der Waals surface area contributed by atoms with Crippen LogP contribution in [0.15, 0.2) is 47.5 Å². The largest absolute Gasteiger partial charge is 0.455 e. The van der Waals surface area contributed by atoms with Crippen LogP contribution in [0.1, 0.15) is 5.56 Å². The normalized spacial score (nSPS) is 12.8. The first-order chi connectivity index (χ1) is 14.0. The Hall–Kier alpha value is -2.94. The molecule has 10 heteroatoms. The topological polar surface area (TPSA) is 50.7 Å². The molecule has 0 aliphatic carbocycles. The predicted octanol–water partition coefficient (Wildman–Crippen LogP) is 5.70. The van der Waals surface area contributed by atoms with Crippen LogP contribution in [0, 0.1) is 6.92 Å². The van der Waals surface area contributed by atoms with Gasteiger partial charge in [-0.15, -0.1) is 0 Å². The molecule has 0 saturated heterocycles. The minimum atomic E-state index is -5.72. The van der Waals surface area contributed by atoms with Gasteiger partial charge in [-0.05, 0) is 36.8 Å². The van der Waals surface area contributed by atoms with Crippen molar-refractivity contribution in [3.05, 3.63) is 63.7 Å². The molecule has 30 heavy (non-hydrogen) atoms. The van der Waals surface area contributed by atoms with E-state index >= 15 is 0 Å². The Morgan fingerprint density at radius 2 is 1.87 bits per heavy atom. The van der Waals surface area contributed by atoms with Gasteiger partial charge in [0.15, 0.2) is 0 Å². The van der Waals surface area contributed by atoms with Gasteiger partial charge in [-0.3, -0.25) is 9.78 Å². The molecule has 3 heterocycles. The molecule has 4 aromatic rings. The van der Waals surface area contributed by atoms with Crippen molar-refractivity contribution in [1.82, 2.24) is 14.5 Å². The summed E-state index contributed by atoms with van der Waals surface area (Å²) in [6.45, 7) is -0.00861. The third-order valence-corrected chi connectivity index (χ3v) is 5.23. The highest BCUT2D eigenvalue weighted by molar-refractivity contribution is 6.37. The summed E-state index contributed by atoms with van der Waals surface area (Å²) in [5.41, 5.74) is 1.00. The van der Waals surface area contributed by atoms with E-state index in [1.165, 1.54) is 24.5 Å². The van der Waals surface area contributed by atoms with Crippen LogP contribution in [0.4, 0.5) is 22.0 Å². The third-order valence-electron chi connectivity index (χ3n) is 4.94. The van der Waals surface area contributed by atoms with Gasteiger partial charge in [-0.2, -0.15) is 22.0 Å². The fourth-order valence-electron chi connectivity index (χ4n) is 3.67. The van der Waals surface area contributed by atoms with Crippen molar-refractivity contribution in [2.45, 2.75) is 25.6 Å². The van der Waals surface area contributed by atoms with Crippen LogP contribution in [-0.4, -0.2) is 26.6 Å². The van der Waals surface area contributed by atoms with E-state index < -0.39 is 24.2 Å². The molecule has 1 N–H and O–H groups in total. The van der Waals surface area contributed by atoms with Crippen molar-refractivity contribution in [2.24, 2.45) is 0 Å². The Morgan fingerprint density at radius 1 is 1.13 bits per heavy atom. The Balaban J connectivity index is 2.13. The second-order valence-corrected chi connectivity index (χ2v) is 7.27. The molecule has 0 radical (unpaired) electrons. The SMILES string of the molecule is Cc1c(-c2cccnc2)n(CC(F)(F)C(F)(F)F)c2ccc3[nH]c(=O)cc(Cl)c3c12. The number of halogens is 6. The molecule has 0 bridgehead atoms. The van der Waals surface area contributed by atoms with E-state index in [9.17, 15) is 26.7 Å². The summed E-state index contributed by atoms with van der Waals surface area (Å²) in [5, 5.41) is 0.816. The first kappa shape index (κ1) is 20.3. The number of aryl methyl sites for hydroxylation is 1. The number of benzene rings is 1. The van der Waals surface area contributed by atoms with Gasteiger partial charge in [-0.1, -0.05) is 11.6 Å². The number of nitrogens with zero attached hydrogens (tertiary/aromatic N) is 2. The zero-order valence-electron chi connectivity index (χ0n) is 15.3. The number of hydrogen-bond donors (Lipinski definition) is 1. The molecule has 0 aliphatic rings. The van der Waals surface area contributed by atoms with Crippen molar-refractivity contribution >= 4 is 33.4 Å². The highest BCUT2D eigenvalue weighted by Crippen LogP contribution is 2.43. The summed E-state index contributed by atoms with van der Waals surface area (Å²) in [6, 6.07) is 7.08. The van der Waals surface area contributed by atoms with Crippen LogP contribution in [0.2, 0.25) is 5.02 Å². The van der Waals surface area contributed by atoms with E-state index in [1.807, 2.05) is 0 Å². The van der Waals surface area contributed by atoms with Gasteiger partial charge >= 0.3 is 12.1 Å². The average molecular weight is 442 g/mol. The van der Waals surface area contributed by atoms with Gasteiger partial charge in [0.25, 0.3) is 0 Å². The van der Waals surface area contributed by atoms with Gasteiger partial charge < -0.3 is 9.55 Å². The smallest absolute Gasteiger partial charge is 0.334 e. The second kappa shape index (κ2) is 6.80. The zero-order valence-corrected chi connectivity index (χ0v) is 16.1. The minimum Gasteiger partial charge on any atom is -0.334 e. The maximum absolute atomic E-state index is 14.1. The molecule has 156 valence electrons. The van der Waals surface area contributed by atoms with Gasteiger partial charge in [0.05, 0.1) is 22.8 Å². The Labute approximate surface area is 170 Å². The van der Waals surface area contributed by atoms with E-state index in [1.54, 1.807) is 19.1 Å². The highest BCUT2D eigenvalue weighted by atomic mass is 35.5.